The van der Waals surface area contributed by atoms with Crippen molar-refractivity contribution < 1.29 is 8.98 Å². The van der Waals surface area contributed by atoms with Crippen molar-refractivity contribution in [2.45, 2.75) is 65.7 Å². The molecule has 3 heteroatoms. The van der Waals surface area contributed by atoms with Crippen LogP contribution < -0.4 is 4.57 Å². The lowest BCUT2D eigenvalue weighted by Crippen LogP contribution is -2.32. The monoisotopic (exact) mass is 413 g/mol. The molecule has 31 heavy (non-hydrogen) atoms. The normalized spacial score (nSPS) is 15.4. The molecule has 1 saturated carbocycles. The third-order valence-corrected chi connectivity index (χ3v) is 6.70. The number of benzene rings is 1. The lowest BCUT2D eigenvalue weighted by molar-refractivity contribution is -0.660. The van der Waals surface area contributed by atoms with Crippen molar-refractivity contribution in [1.82, 2.24) is 4.98 Å². The van der Waals surface area contributed by atoms with Crippen LogP contribution in [0.1, 0.15) is 69.2 Å². The average Bonchev–Trinajstić information content (AvgIpc) is 3.35. The molecule has 1 fully saturated rings. The Morgan fingerprint density at radius 3 is 2.45 bits per heavy atom. The number of pyridine rings is 2. The van der Waals surface area contributed by atoms with Gasteiger partial charge in [0, 0.05) is 34.0 Å². The van der Waals surface area contributed by atoms with Crippen LogP contribution in [0.4, 0.5) is 0 Å². The fourth-order valence-electron chi connectivity index (χ4n) is 5.24. The highest BCUT2D eigenvalue weighted by atomic mass is 16.3. The lowest BCUT2D eigenvalue weighted by atomic mass is 9.88. The van der Waals surface area contributed by atoms with E-state index in [0.29, 0.717) is 5.92 Å². The fourth-order valence-corrected chi connectivity index (χ4v) is 5.24. The van der Waals surface area contributed by atoms with Crippen LogP contribution in [0, 0.1) is 12.3 Å². The van der Waals surface area contributed by atoms with E-state index in [1.165, 1.54) is 53.8 Å². The van der Waals surface area contributed by atoms with E-state index in [4.69, 9.17) is 9.40 Å². The molecule has 0 atom stereocenters. The summed E-state index contributed by atoms with van der Waals surface area (Å²) in [6.45, 7) is 9.02. The first-order valence-corrected chi connectivity index (χ1v) is 11.6. The molecule has 0 saturated heterocycles. The molecule has 0 unspecified atom stereocenters. The van der Waals surface area contributed by atoms with E-state index in [9.17, 15) is 0 Å². The second kappa shape index (κ2) is 7.47. The fraction of sp³-hybridized carbons (Fsp3) is 0.429. The maximum atomic E-state index is 6.46. The number of furan rings is 1. The minimum atomic E-state index is 0.270. The van der Waals surface area contributed by atoms with Crippen LogP contribution in [0.15, 0.2) is 47.0 Å². The van der Waals surface area contributed by atoms with Crippen LogP contribution in [-0.4, -0.2) is 4.98 Å². The molecule has 3 heterocycles. The summed E-state index contributed by atoms with van der Waals surface area (Å²) in [5, 5.41) is 2.27. The number of hydrogen-bond acceptors (Lipinski definition) is 2. The molecule has 4 aromatic rings. The van der Waals surface area contributed by atoms with Gasteiger partial charge in [0.1, 0.15) is 7.05 Å². The lowest BCUT2D eigenvalue weighted by Gasteiger charge is -2.17. The highest BCUT2D eigenvalue weighted by Gasteiger charge is 2.24. The van der Waals surface area contributed by atoms with Crippen molar-refractivity contribution in [3.05, 3.63) is 59.4 Å². The van der Waals surface area contributed by atoms with Crippen molar-refractivity contribution in [2.75, 3.05) is 0 Å². The molecule has 0 aliphatic heterocycles. The van der Waals surface area contributed by atoms with E-state index in [0.717, 1.165) is 28.5 Å². The van der Waals surface area contributed by atoms with E-state index in [1.54, 1.807) is 0 Å². The third-order valence-electron chi connectivity index (χ3n) is 6.70. The van der Waals surface area contributed by atoms with Crippen LogP contribution >= 0.6 is 0 Å². The highest BCUT2D eigenvalue weighted by Crippen LogP contribution is 2.39. The van der Waals surface area contributed by atoms with Crippen molar-refractivity contribution in [2.24, 2.45) is 12.5 Å². The molecule has 1 aromatic carbocycles. The summed E-state index contributed by atoms with van der Waals surface area (Å²) in [4.78, 5) is 4.96. The van der Waals surface area contributed by atoms with Crippen molar-refractivity contribution >= 4 is 22.1 Å². The maximum absolute atomic E-state index is 6.46. The van der Waals surface area contributed by atoms with Crippen LogP contribution in [0.3, 0.4) is 0 Å². The van der Waals surface area contributed by atoms with Gasteiger partial charge in [0.05, 0.1) is 5.56 Å². The first kappa shape index (κ1) is 20.2. The number of rotatable bonds is 3. The molecule has 3 aromatic heterocycles. The summed E-state index contributed by atoms with van der Waals surface area (Å²) in [5.74, 6) is 0.590. The molecule has 1 aliphatic rings. The summed E-state index contributed by atoms with van der Waals surface area (Å²) in [6.07, 6.45) is 8.45. The summed E-state index contributed by atoms with van der Waals surface area (Å²) < 4.78 is 8.70. The van der Waals surface area contributed by atoms with Gasteiger partial charge in [-0.2, -0.15) is 0 Å². The van der Waals surface area contributed by atoms with Gasteiger partial charge in [-0.1, -0.05) is 45.7 Å². The molecule has 0 spiro atoms. The third kappa shape index (κ3) is 3.75. The topological polar surface area (TPSA) is 29.9 Å². The van der Waals surface area contributed by atoms with Crippen molar-refractivity contribution in [3.8, 4) is 11.3 Å². The highest BCUT2D eigenvalue weighted by molar-refractivity contribution is 6.08. The van der Waals surface area contributed by atoms with E-state index in [-0.39, 0.29) is 5.41 Å². The Balaban J connectivity index is 1.64. The summed E-state index contributed by atoms with van der Waals surface area (Å²) in [5.41, 5.74) is 8.12. The largest absolute Gasteiger partial charge is 0.437 e. The van der Waals surface area contributed by atoms with Gasteiger partial charge in [0.2, 0.25) is 11.4 Å². The van der Waals surface area contributed by atoms with Crippen LogP contribution in [0.2, 0.25) is 0 Å². The molecular formula is C28H33N2O+. The van der Waals surface area contributed by atoms with Gasteiger partial charge < -0.3 is 4.42 Å². The van der Waals surface area contributed by atoms with Crippen LogP contribution in [-0.2, 0) is 13.5 Å². The number of hydrogen-bond donors (Lipinski definition) is 0. The second-order valence-corrected chi connectivity index (χ2v) is 10.6. The van der Waals surface area contributed by atoms with E-state index >= 15 is 0 Å². The number of nitrogens with zero attached hydrogens (tertiary/aromatic N) is 2. The first-order chi connectivity index (χ1) is 14.8. The van der Waals surface area contributed by atoms with Gasteiger partial charge in [-0.25, -0.2) is 9.55 Å². The molecule has 0 N–H and O–H groups in total. The average molecular weight is 414 g/mol. The second-order valence-electron chi connectivity index (χ2n) is 10.6. The Kier molecular flexibility index (Phi) is 4.88. The SMILES string of the molecule is Cc1ccc2c(oc3nc(C4CCCC4)ccc32)c1-c1ccc(CC(C)(C)C)c[n+]1C. The molecule has 5 rings (SSSR count). The Morgan fingerprint density at radius 2 is 1.74 bits per heavy atom. The van der Waals surface area contributed by atoms with Crippen LogP contribution in [0.5, 0.6) is 0 Å². The molecule has 160 valence electrons. The van der Waals surface area contributed by atoms with Gasteiger partial charge >= 0.3 is 0 Å². The zero-order valence-electron chi connectivity index (χ0n) is 19.5. The minimum absolute atomic E-state index is 0.270. The van der Waals surface area contributed by atoms with Crippen molar-refractivity contribution in [3.63, 3.8) is 0 Å². The Hall–Kier alpha value is -2.68. The zero-order chi connectivity index (χ0) is 21.8. The number of aryl methyl sites for hydroxylation is 2. The predicted molar refractivity (Wildman–Crippen MR) is 127 cm³/mol. The van der Waals surface area contributed by atoms with Gasteiger partial charge in [0.25, 0.3) is 0 Å². The molecule has 0 amide bonds. The Bertz CT molecular complexity index is 1270. The zero-order valence-corrected chi connectivity index (χ0v) is 19.5. The molecule has 1 aliphatic carbocycles. The van der Waals surface area contributed by atoms with Gasteiger partial charge in [-0.05, 0) is 55.4 Å². The Morgan fingerprint density at radius 1 is 1.00 bits per heavy atom. The molecule has 3 nitrogen and oxygen atoms in total. The number of fused-ring (bicyclic) bond motifs is 3. The van der Waals surface area contributed by atoms with Crippen LogP contribution in [0.25, 0.3) is 33.3 Å². The van der Waals surface area contributed by atoms with E-state index < -0.39 is 0 Å². The summed E-state index contributed by atoms with van der Waals surface area (Å²) in [7, 11) is 2.14. The summed E-state index contributed by atoms with van der Waals surface area (Å²) >= 11 is 0. The van der Waals surface area contributed by atoms with Gasteiger partial charge in [-0.15, -0.1) is 0 Å². The number of aromatic nitrogens is 2. The quantitative estimate of drug-likeness (QED) is 0.338. The Labute approximate surface area is 185 Å². The van der Waals surface area contributed by atoms with Gasteiger partial charge in [0.15, 0.2) is 11.8 Å². The van der Waals surface area contributed by atoms with Gasteiger partial charge in [-0.3, -0.25) is 0 Å². The van der Waals surface area contributed by atoms with Crippen molar-refractivity contribution in [1.29, 1.82) is 0 Å². The molecule has 0 radical (unpaired) electrons. The smallest absolute Gasteiger partial charge is 0.227 e. The molecule has 0 bridgehead atoms. The van der Waals surface area contributed by atoms with E-state index in [1.807, 2.05) is 0 Å². The maximum Gasteiger partial charge on any atom is 0.227 e. The summed E-state index contributed by atoms with van der Waals surface area (Å²) in [6, 6.07) is 13.3. The first-order valence-electron chi connectivity index (χ1n) is 11.6. The predicted octanol–water partition coefficient (Wildman–Crippen LogP) is 7.03. The standard InChI is InChI=1S/C28H33N2O/c1-18-10-12-21-22-13-14-23(20-8-6-7-9-20)29-27(22)31-26(21)25(18)24-15-11-19(17-30(24)5)16-28(2,3)4/h10-15,17,20H,6-9,16H2,1-5H3/q+1. The minimum Gasteiger partial charge on any atom is -0.437 e. The molecular weight excluding hydrogens is 380 g/mol. The van der Waals surface area contributed by atoms with E-state index in [2.05, 4.69) is 81.9 Å².